The standard InChI is InChI=1S/C28H23ClN6O4/c1-39-25-13-24(31-16-32-25)34-26(36)19-6-4-17(5-7-19)15-35-23(11-18-3-2-10-30-14-18)27(37)33-22-12-20(29)8-9-21(22)28(35)38/h2-10,12-14,16,23H,11,15H2,1H3,(H,33,37)(H,31,32,34,36). The number of nitrogens with zero attached hydrogens (tertiary/aromatic N) is 4. The van der Waals surface area contributed by atoms with E-state index in [4.69, 9.17) is 16.3 Å². The number of amides is 3. The highest BCUT2D eigenvalue weighted by Crippen LogP contribution is 2.29. The van der Waals surface area contributed by atoms with Crippen molar-refractivity contribution in [1.29, 1.82) is 0 Å². The first kappa shape index (κ1) is 25.8. The van der Waals surface area contributed by atoms with Crippen LogP contribution in [0.15, 0.2) is 79.4 Å². The van der Waals surface area contributed by atoms with Gasteiger partial charge in [0, 0.05) is 42.0 Å². The van der Waals surface area contributed by atoms with Crippen LogP contribution in [0.1, 0.15) is 31.8 Å². The Morgan fingerprint density at radius 2 is 1.90 bits per heavy atom. The van der Waals surface area contributed by atoms with E-state index in [9.17, 15) is 14.4 Å². The van der Waals surface area contributed by atoms with E-state index in [-0.39, 0.29) is 30.7 Å². The summed E-state index contributed by atoms with van der Waals surface area (Å²) in [6.07, 6.45) is 4.89. The predicted molar refractivity (Wildman–Crippen MR) is 145 cm³/mol. The number of fused-ring (bicyclic) bond motifs is 1. The molecule has 2 N–H and O–H groups in total. The summed E-state index contributed by atoms with van der Waals surface area (Å²) in [5, 5.41) is 5.97. The van der Waals surface area contributed by atoms with Gasteiger partial charge in [-0.1, -0.05) is 29.8 Å². The molecule has 1 aliphatic heterocycles. The number of hydrogen-bond donors (Lipinski definition) is 2. The van der Waals surface area contributed by atoms with Gasteiger partial charge in [0.1, 0.15) is 18.2 Å². The number of ether oxygens (including phenoxy) is 1. The van der Waals surface area contributed by atoms with Crippen molar-refractivity contribution in [1.82, 2.24) is 19.9 Å². The summed E-state index contributed by atoms with van der Waals surface area (Å²) in [7, 11) is 1.47. The molecule has 5 rings (SSSR count). The molecule has 1 aliphatic rings. The summed E-state index contributed by atoms with van der Waals surface area (Å²) in [5.74, 6) is -0.383. The summed E-state index contributed by atoms with van der Waals surface area (Å²) in [6, 6.07) is 15.9. The van der Waals surface area contributed by atoms with E-state index in [2.05, 4.69) is 25.6 Å². The van der Waals surface area contributed by atoms with E-state index < -0.39 is 6.04 Å². The number of benzene rings is 2. The van der Waals surface area contributed by atoms with Gasteiger partial charge in [-0.2, -0.15) is 0 Å². The van der Waals surface area contributed by atoms with E-state index in [1.807, 2.05) is 6.07 Å². The van der Waals surface area contributed by atoms with Gasteiger partial charge >= 0.3 is 0 Å². The summed E-state index contributed by atoms with van der Waals surface area (Å²) < 4.78 is 5.06. The van der Waals surface area contributed by atoms with Gasteiger partial charge in [0.15, 0.2) is 0 Å². The topological polar surface area (TPSA) is 126 Å². The van der Waals surface area contributed by atoms with Crippen molar-refractivity contribution in [3.8, 4) is 5.88 Å². The van der Waals surface area contributed by atoms with Crippen molar-refractivity contribution in [3.05, 3.63) is 107 Å². The van der Waals surface area contributed by atoms with Crippen molar-refractivity contribution in [2.45, 2.75) is 19.0 Å². The molecule has 196 valence electrons. The lowest BCUT2D eigenvalue weighted by atomic mass is 10.0. The summed E-state index contributed by atoms with van der Waals surface area (Å²) >= 11 is 6.13. The largest absolute Gasteiger partial charge is 0.481 e. The number of carbonyl (C=O) groups is 3. The molecule has 11 heteroatoms. The molecule has 39 heavy (non-hydrogen) atoms. The number of aromatic nitrogens is 3. The van der Waals surface area contributed by atoms with Crippen molar-refractivity contribution in [2.75, 3.05) is 17.7 Å². The second kappa shape index (κ2) is 11.3. The number of rotatable bonds is 7. The van der Waals surface area contributed by atoms with Crippen LogP contribution in [0.25, 0.3) is 0 Å². The highest BCUT2D eigenvalue weighted by Gasteiger charge is 2.35. The van der Waals surface area contributed by atoms with E-state index >= 15 is 0 Å². The molecule has 3 heterocycles. The fraction of sp³-hybridized carbons (Fsp3) is 0.143. The third-order valence-electron chi connectivity index (χ3n) is 6.22. The lowest BCUT2D eigenvalue weighted by molar-refractivity contribution is -0.120. The second-order valence-corrected chi connectivity index (χ2v) is 9.23. The molecule has 0 bridgehead atoms. The zero-order chi connectivity index (χ0) is 27.4. The third kappa shape index (κ3) is 5.86. The zero-order valence-electron chi connectivity index (χ0n) is 20.8. The number of methoxy groups -OCH3 is 1. The van der Waals surface area contributed by atoms with Crippen LogP contribution in [0, 0.1) is 0 Å². The molecule has 0 fully saturated rings. The first-order valence-electron chi connectivity index (χ1n) is 12.0. The Hall–Kier alpha value is -4.83. The van der Waals surface area contributed by atoms with Gasteiger partial charge < -0.3 is 20.3 Å². The SMILES string of the molecule is COc1cc(NC(=O)c2ccc(CN3C(=O)c4ccc(Cl)cc4NC(=O)C3Cc3cccnc3)cc2)ncn1. The zero-order valence-corrected chi connectivity index (χ0v) is 21.6. The molecule has 4 aromatic rings. The first-order chi connectivity index (χ1) is 18.9. The highest BCUT2D eigenvalue weighted by atomic mass is 35.5. The number of carbonyl (C=O) groups excluding carboxylic acids is 3. The smallest absolute Gasteiger partial charge is 0.256 e. The summed E-state index contributed by atoms with van der Waals surface area (Å²) in [4.78, 5) is 53.4. The van der Waals surface area contributed by atoms with E-state index in [0.717, 1.165) is 11.1 Å². The average molecular weight is 543 g/mol. The highest BCUT2D eigenvalue weighted by molar-refractivity contribution is 6.31. The van der Waals surface area contributed by atoms with Crippen LogP contribution in [-0.2, 0) is 17.8 Å². The molecule has 0 spiro atoms. The van der Waals surface area contributed by atoms with Gasteiger partial charge in [-0.25, -0.2) is 9.97 Å². The molecule has 1 atom stereocenters. The number of pyridine rings is 1. The Morgan fingerprint density at radius 3 is 2.64 bits per heavy atom. The fourth-order valence-electron chi connectivity index (χ4n) is 4.25. The Labute approximate surface area is 229 Å². The van der Waals surface area contributed by atoms with Gasteiger partial charge in [0.05, 0.1) is 18.4 Å². The van der Waals surface area contributed by atoms with Crippen LogP contribution in [0.4, 0.5) is 11.5 Å². The first-order valence-corrected chi connectivity index (χ1v) is 12.4. The van der Waals surface area contributed by atoms with Gasteiger partial charge in [-0.05, 0) is 47.5 Å². The van der Waals surface area contributed by atoms with Gasteiger partial charge in [-0.3, -0.25) is 19.4 Å². The summed E-state index contributed by atoms with van der Waals surface area (Å²) in [6.45, 7) is 0.143. The Kier molecular flexibility index (Phi) is 7.46. The molecule has 2 aromatic heterocycles. The molecule has 3 amide bonds. The second-order valence-electron chi connectivity index (χ2n) is 8.79. The minimum Gasteiger partial charge on any atom is -0.481 e. The Bertz CT molecular complexity index is 1530. The van der Waals surface area contributed by atoms with Crippen LogP contribution in [0.2, 0.25) is 5.02 Å². The number of anilines is 2. The van der Waals surface area contributed by atoms with Crippen molar-refractivity contribution < 1.29 is 19.1 Å². The molecule has 0 radical (unpaired) electrons. The Morgan fingerprint density at radius 1 is 1.08 bits per heavy atom. The van der Waals surface area contributed by atoms with Crippen LogP contribution >= 0.6 is 11.6 Å². The minimum absolute atomic E-state index is 0.143. The Balaban J connectivity index is 1.40. The van der Waals surface area contributed by atoms with Crippen LogP contribution in [-0.4, -0.2) is 50.7 Å². The van der Waals surface area contributed by atoms with Gasteiger partial charge in [0.25, 0.3) is 11.8 Å². The quantitative estimate of drug-likeness (QED) is 0.361. The number of halogens is 1. The van der Waals surface area contributed by atoms with E-state index in [1.165, 1.54) is 24.4 Å². The molecule has 0 aliphatic carbocycles. The van der Waals surface area contributed by atoms with Crippen molar-refractivity contribution in [2.24, 2.45) is 0 Å². The fourth-order valence-corrected chi connectivity index (χ4v) is 4.43. The van der Waals surface area contributed by atoms with E-state index in [0.29, 0.717) is 33.5 Å². The molecule has 0 saturated carbocycles. The monoisotopic (exact) mass is 542 g/mol. The van der Waals surface area contributed by atoms with Crippen LogP contribution < -0.4 is 15.4 Å². The third-order valence-corrected chi connectivity index (χ3v) is 6.46. The summed E-state index contributed by atoms with van der Waals surface area (Å²) in [5.41, 5.74) is 2.66. The van der Waals surface area contributed by atoms with E-state index in [1.54, 1.807) is 60.9 Å². The maximum Gasteiger partial charge on any atom is 0.256 e. The lowest BCUT2D eigenvalue weighted by Crippen LogP contribution is -2.46. The molecule has 10 nitrogen and oxygen atoms in total. The maximum absolute atomic E-state index is 13.7. The maximum atomic E-state index is 13.7. The van der Waals surface area contributed by atoms with Crippen molar-refractivity contribution >= 4 is 40.8 Å². The van der Waals surface area contributed by atoms with Crippen molar-refractivity contribution in [3.63, 3.8) is 0 Å². The minimum atomic E-state index is -0.802. The number of hydrogen-bond acceptors (Lipinski definition) is 7. The normalized spacial score (nSPS) is 14.7. The molecule has 2 aromatic carbocycles. The predicted octanol–water partition coefficient (Wildman–Crippen LogP) is 3.99. The molecular weight excluding hydrogens is 520 g/mol. The molecule has 0 saturated heterocycles. The van der Waals surface area contributed by atoms with Gasteiger partial charge in [-0.15, -0.1) is 0 Å². The molecular formula is C28H23ClN6O4. The average Bonchev–Trinajstić information content (AvgIpc) is 3.03. The van der Waals surface area contributed by atoms with Crippen LogP contribution in [0.3, 0.4) is 0 Å². The van der Waals surface area contributed by atoms with Gasteiger partial charge in [0.2, 0.25) is 11.8 Å². The molecule has 1 unspecified atom stereocenters. The number of nitrogens with one attached hydrogen (secondary N) is 2. The lowest BCUT2D eigenvalue weighted by Gasteiger charge is -2.29. The van der Waals surface area contributed by atoms with Crippen LogP contribution in [0.5, 0.6) is 5.88 Å².